The summed E-state index contributed by atoms with van der Waals surface area (Å²) < 4.78 is 40.1. The fraction of sp³-hybridized carbons (Fsp3) is 0.303. The smallest absolute Gasteiger partial charge is 0.239 e. The van der Waals surface area contributed by atoms with Crippen LogP contribution in [0.1, 0.15) is 18.4 Å². The number of ether oxygens (including phenoxy) is 6. The van der Waals surface area contributed by atoms with Crippen LogP contribution in [0.3, 0.4) is 0 Å². The van der Waals surface area contributed by atoms with Crippen molar-refractivity contribution in [2.75, 3.05) is 47.9 Å². The molecule has 0 aliphatic rings. The van der Waals surface area contributed by atoms with E-state index in [-0.39, 0.29) is 34.5 Å². The highest BCUT2D eigenvalue weighted by Gasteiger charge is 2.24. The first-order valence-electron chi connectivity index (χ1n) is 13.9. The number of aryl methyl sites for hydroxylation is 1. The summed E-state index contributed by atoms with van der Waals surface area (Å²) in [7, 11) is 7.59. The first-order chi connectivity index (χ1) is 21.4. The van der Waals surface area contributed by atoms with E-state index in [1.807, 2.05) is 25.1 Å². The monoisotopic (exact) mass is 618 g/mol. The molecule has 0 aliphatic carbocycles. The molecule has 0 aliphatic heterocycles. The average molecular weight is 619 g/mol. The lowest BCUT2D eigenvalue weighted by Gasteiger charge is -2.17. The van der Waals surface area contributed by atoms with Crippen molar-refractivity contribution in [3.63, 3.8) is 0 Å². The maximum Gasteiger partial charge on any atom is 0.239 e. The molecule has 0 spiro atoms. The molecule has 3 aromatic carbocycles. The number of hydrogen-bond donors (Lipinski definition) is 0. The molecule has 10 nitrogen and oxygen atoms in total. The van der Waals surface area contributed by atoms with Crippen LogP contribution >= 0.6 is 11.8 Å². The lowest BCUT2D eigenvalue weighted by molar-refractivity contribution is 0.301. The zero-order chi connectivity index (χ0) is 31.2. The molecule has 0 N–H and O–H groups in total. The third-order valence-corrected chi connectivity index (χ3v) is 8.22. The van der Waals surface area contributed by atoms with Gasteiger partial charge in [0.1, 0.15) is 33.8 Å². The zero-order valence-corrected chi connectivity index (χ0v) is 26.3. The lowest BCUT2D eigenvalue weighted by atomic mass is 10.1. The van der Waals surface area contributed by atoms with Crippen molar-refractivity contribution in [3.05, 3.63) is 64.6 Å². The fourth-order valence-electron chi connectivity index (χ4n) is 4.93. The molecule has 5 rings (SSSR count). The van der Waals surface area contributed by atoms with E-state index in [0.29, 0.717) is 40.7 Å². The van der Waals surface area contributed by atoms with E-state index in [2.05, 4.69) is 9.97 Å². The molecule has 0 saturated carbocycles. The first kappa shape index (κ1) is 30.8. The maximum atomic E-state index is 14.0. The summed E-state index contributed by atoms with van der Waals surface area (Å²) in [5.41, 5.74) is 2.51. The zero-order valence-electron chi connectivity index (χ0n) is 25.5. The Hall–Kier alpha value is -4.64. The molecule has 5 aromatic rings. The van der Waals surface area contributed by atoms with Crippen LogP contribution in [0.4, 0.5) is 0 Å². The number of aromatic nitrogens is 2. The van der Waals surface area contributed by atoms with Gasteiger partial charge in [-0.3, -0.25) is 4.79 Å². The molecule has 0 atom stereocenters. The van der Waals surface area contributed by atoms with Gasteiger partial charge in [-0.25, -0.2) is 9.97 Å². The highest BCUT2D eigenvalue weighted by atomic mass is 32.2. The molecule has 11 heteroatoms. The molecule has 2 aromatic heterocycles. The summed E-state index contributed by atoms with van der Waals surface area (Å²) in [4.78, 5) is 22.9. The molecule has 0 unspecified atom stereocenters. The van der Waals surface area contributed by atoms with Crippen molar-refractivity contribution in [1.82, 2.24) is 9.97 Å². The molecule has 0 radical (unpaired) electrons. The van der Waals surface area contributed by atoms with Gasteiger partial charge < -0.3 is 32.8 Å². The number of benzene rings is 3. The number of fused-ring (bicyclic) bond motifs is 2. The van der Waals surface area contributed by atoms with Crippen molar-refractivity contribution in [2.45, 2.75) is 24.8 Å². The van der Waals surface area contributed by atoms with Crippen molar-refractivity contribution in [2.24, 2.45) is 0 Å². The number of para-hydroxylation sites is 1. The van der Waals surface area contributed by atoms with Crippen LogP contribution < -0.4 is 33.8 Å². The molecule has 44 heavy (non-hydrogen) atoms. The van der Waals surface area contributed by atoms with Crippen molar-refractivity contribution in [3.8, 4) is 45.8 Å². The van der Waals surface area contributed by atoms with Crippen LogP contribution in [-0.2, 0) is 0 Å². The van der Waals surface area contributed by atoms with E-state index in [1.54, 1.807) is 42.4 Å². The van der Waals surface area contributed by atoms with Crippen LogP contribution in [0, 0.1) is 6.92 Å². The van der Waals surface area contributed by atoms with E-state index < -0.39 is 0 Å². The minimum absolute atomic E-state index is 0.0557. The molecule has 0 amide bonds. The SMILES string of the molecule is COc1cc(OC)c2c(=O)c(OCCCCSc3ncnc4c(C)cccc34)c(-c3cc(OC)c(OC)c(OC)c3)oc2c1. The van der Waals surface area contributed by atoms with Gasteiger partial charge in [0.15, 0.2) is 17.3 Å². The van der Waals surface area contributed by atoms with Gasteiger partial charge in [-0.1, -0.05) is 18.2 Å². The molecule has 0 saturated heterocycles. The number of rotatable bonds is 13. The molecule has 230 valence electrons. The third kappa shape index (κ3) is 6.05. The summed E-state index contributed by atoms with van der Waals surface area (Å²) in [6.45, 7) is 2.33. The predicted molar refractivity (Wildman–Crippen MR) is 170 cm³/mol. The van der Waals surface area contributed by atoms with E-state index >= 15 is 0 Å². The molecular weight excluding hydrogens is 584 g/mol. The summed E-state index contributed by atoms with van der Waals surface area (Å²) in [6, 6.07) is 12.8. The van der Waals surface area contributed by atoms with Gasteiger partial charge in [0.25, 0.3) is 0 Å². The Morgan fingerprint density at radius 3 is 2.25 bits per heavy atom. The van der Waals surface area contributed by atoms with Crippen molar-refractivity contribution in [1.29, 1.82) is 0 Å². The molecule has 2 heterocycles. The second-order valence-corrected chi connectivity index (χ2v) is 10.8. The number of thioether (sulfide) groups is 1. The number of methoxy groups -OCH3 is 5. The Bertz CT molecular complexity index is 1830. The van der Waals surface area contributed by atoms with E-state index in [1.165, 1.54) is 35.5 Å². The van der Waals surface area contributed by atoms with Gasteiger partial charge >= 0.3 is 0 Å². The maximum absolute atomic E-state index is 14.0. The second kappa shape index (κ2) is 13.8. The van der Waals surface area contributed by atoms with Crippen LogP contribution in [0.2, 0.25) is 0 Å². The average Bonchev–Trinajstić information content (AvgIpc) is 3.05. The molecule has 0 bridgehead atoms. The first-order valence-corrected chi connectivity index (χ1v) is 14.9. The van der Waals surface area contributed by atoms with Gasteiger partial charge in [0, 0.05) is 23.1 Å². The Morgan fingerprint density at radius 1 is 0.818 bits per heavy atom. The predicted octanol–water partition coefficient (Wildman–Crippen LogP) is 6.71. The minimum Gasteiger partial charge on any atom is -0.496 e. The Balaban J connectivity index is 1.44. The third-order valence-electron chi connectivity index (χ3n) is 7.13. The molecule has 0 fully saturated rings. The fourth-order valence-corrected chi connectivity index (χ4v) is 5.91. The Labute approximate surface area is 259 Å². The van der Waals surface area contributed by atoms with Crippen LogP contribution in [0.5, 0.6) is 34.5 Å². The van der Waals surface area contributed by atoms with Gasteiger partial charge in [-0.05, 0) is 43.2 Å². The van der Waals surface area contributed by atoms with Gasteiger partial charge in [-0.2, -0.15) is 0 Å². The Kier molecular flexibility index (Phi) is 9.64. The summed E-state index contributed by atoms with van der Waals surface area (Å²) >= 11 is 1.67. The minimum atomic E-state index is -0.369. The van der Waals surface area contributed by atoms with Crippen molar-refractivity contribution < 1.29 is 32.8 Å². The quantitative estimate of drug-likeness (QED) is 0.0798. The summed E-state index contributed by atoms with van der Waals surface area (Å²) in [6.07, 6.45) is 3.14. The van der Waals surface area contributed by atoms with Crippen LogP contribution in [0.15, 0.2) is 63.0 Å². The summed E-state index contributed by atoms with van der Waals surface area (Å²) in [5.74, 6) is 3.12. The summed E-state index contributed by atoms with van der Waals surface area (Å²) in [5, 5.41) is 2.24. The van der Waals surface area contributed by atoms with E-state index in [4.69, 9.17) is 32.8 Å². The van der Waals surface area contributed by atoms with E-state index in [9.17, 15) is 4.79 Å². The van der Waals surface area contributed by atoms with E-state index in [0.717, 1.165) is 33.7 Å². The standard InChI is InChI=1S/C33H34N2O8S/c1-19-10-9-11-22-28(19)34-18-35-33(22)44-13-8-7-12-42-32-29(36)27-23(38-3)16-21(37-2)17-24(27)43-30(32)20-14-25(39-4)31(41-6)26(15-20)40-5/h9-11,14-18H,7-8,12-13H2,1-6H3. The van der Waals surface area contributed by atoms with Crippen molar-refractivity contribution >= 4 is 33.6 Å². The lowest BCUT2D eigenvalue weighted by Crippen LogP contribution is -2.12. The number of hydrogen-bond acceptors (Lipinski definition) is 11. The highest BCUT2D eigenvalue weighted by Crippen LogP contribution is 2.44. The highest BCUT2D eigenvalue weighted by molar-refractivity contribution is 7.99. The molecular formula is C33H34N2O8S. The largest absolute Gasteiger partial charge is 0.496 e. The van der Waals surface area contributed by atoms with Gasteiger partial charge in [0.2, 0.25) is 16.9 Å². The number of nitrogens with zero attached hydrogens (tertiary/aromatic N) is 2. The van der Waals surface area contributed by atoms with Crippen LogP contribution in [-0.4, -0.2) is 57.9 Å². The van der Waals surface area contributed by atoms with Gasteiger partial charge in [-0.15, -0.1) is 11.8 Å². The number of unbranched alkanes of at least 4 members (excludes halogenated alkanes) is 1. The normalized spacial score (nSPS) is 11.0. The topological polar surface area (TPSA) is 111 Å². The Morgan fingerprint density at radius 2 is 1.57 bits per heavy atom. The second-order valence-electron chi connectivity index (χ2n) is 9.76. The van der Waals surface area contributed by atoms with Gasteiger partial charge in [0.05, 0.1) is 47.7 Å². The van der Waals surface area contributed by atoms with Crippen LogP contribution in [0.25, 0.3) is 33.2 Å².